The summed E-state index contributed by atoms with van der Waals surface area (Å²) in [6.07, 6.45) is 2.39. The molecule has 0 aliphatic carbocycles. The Bertz CT molecular complexity index is 802. The number of urea groups is 1. The lowest BCUT2D eigenvalue weighted by Gasteiger charge is -2.29. The summed E-state index contributed by atoms with van der Waals surface area (Å²) in [5.74, 6) is -0.241. The summed E-state index contributed by atoms with van der Waals surface area (Å²) in [6.45, 7) is 1.98. The number of nitrogens with two attached hydrogens (primary N) is 1. The van der Waals surface area contributed by atoms with Crippen LogP contribution in [0.1, 0.15) is 18.4 Å². The molecule has 3 rings (SSSR count). The monoisotopic (exact) mass is 395 g/mol. The van der Waals surface area contributed by atoms with Crippen molar-refractivity contribution in [3.63, 3.8) is 0 Å². The molecule has 2 aromatic rings. The van der Waals surface area contributed by atoms with Crippen LogP contribution in [0.4, 0.5) is 16.2 Å². The Morgan fingerprint density at radius 3 is 2.21 bits per heavy atom. The van der Waals surface area contributed by atoms with Crippen LogP contribution in [-0.4, -0.2) is 49.1 Å². The fourth-order valence-electron chi connectivity index (χ4n) is 3.34. The van der Waals surface area contributed by atoms with Gasteiger partial charge in [0.15, 0.2) is 0 Å². The van der Waals surface area contributed by atoms with E-state index in [-0.39, 0.29) is 18.0 Å². The Morgan fingerprint density at radius 1 is 1.00 bits per heavy atom. The van der Waals surface area contributed by atoms with E-state index in [1.807, 2.05) is 30.3 Å². The molecule has 0 spiro atoms. The molecule has 7 heteroatoms. The van der Waals surface area contributed by atoms with Crippen molar-refractivity contribution in [2.24, 2.45) is 5.73 Å². The van der Waals surface area contributed by atoms with Gasteiger partial charge in [-0.15, -0.1) is 0 Å². The molecule has 1 fully saturated rings. The number of anilines is 2. The molecule has 1 atom stereocenters. The number of hydrogen-bond acceptors (Lipinski definition) is 4. The van der Waals surface area contributed by atoms with Crippen LogP contribution in [0.15, 0.2) is 54.6 Å². The topological polar surface area (TPSA) is 99.5 Å². The third kappa shape index (κ3) is 6.58. The number of piperidine rings is 1. The molecule has 1 saturated heterocycles. The number of hydrogen-bond donors (Lipinski definition) is 4. The summed E-state index contributed by atoms with van der Waals surface area (Å²) in [4.78, 5) is 26.7. The van der Waals surface area contributed by atoms with Crippen LogP contribution < -0.4 is 21.7 Å². The molecular formula is C22H29N5O2. The zero-order chi connectivity index (χ0) is 20.6. The van der Waals surface area contributed by atoms with Crippen molar-refractivity contribution in [2.45, 2.75) is 31.3 Å². The first kappa shape index (κ1) is 20.8. The van der Waals surface area contributed by atoms with E-state index in [0.29, 0.717) is 17.8 Å². The molecule has 1 aliphatic rings. The van der Waals surface area contributed by atoms with Crippen LogP contribution in [0.25, 0.3) is 0 Å². The lowest BCUT2D eigenvalue weighted by Crippen LogP contribution is -2.44. The van der Waals surface area contributed by atoms with Gasteiger partial charge in [-0.1, -0.05) is 30.3 Å². The first-order chi connectivity index (χ1) is 14.0. The molecule has 2 aromatic carbocycles. The van der Waals surface area contributed by atoms with Crippen molar-refractivity contribution < 1.29 is 9.59 Å². The van der Waals surface area contributed by atoms with Gasteiger partial charge in [-0.25, -0.2) is 4.79 Å². The maximum atomic E-state index is 12.3. The zero-order valence-electron chi connectivity index (χ0n) is 16.7. The predicted molar refractivity (Wildman–Crippen MR) is 116 cm³/mol. The van der Waals surface area contributed by atoms with E-state index in [2.05, 4.69) is 27.9 Å². The Kier molecular flexibility index (Phi) is 7.21. The smallest absolute Gasteiger partial charge is 0.319 e. The average molecular weight is 396 g/mol. The van der Waals surface area contributed by atoms with Gasteiger partial charge in [-0.2, -0.15) is 0 Å². The highest BCUT2D eigenvalue weighted by Gasteiger charge is 2.18. The second kappa shape index (κ2) is 10.0. The third-order valence-electron chi connectivity index (χ3n) is 5.10. The highest BCUT2D eigenvalue weighted by Crippen LogP contribution is 2.15. The van der Waals surface area contributed by atoms with Gasteiger partial charge in [0.2, 0.25) is 5.91 Å². The molecule has 154 valence electrons. The molecule has 1 heterocycles. The normalized spacial score (nSPS) is 16.1. The molecular weight excluding hydrogens is 366 g/mol. The SMILES string of the molecule is CN1CCC(NC(=O)Nc2ccc(NC(=O)C(N)Cc3ccccc3)cc2)CC1. The number of amides is 3. The van der Waals surface area contributed by atoms with Crippen LogP contribution in [-0.2, 0) is 11.2 Å². The van der Waals surface area contributed by atoms with E-state index in [1.165, 1.54) is 0 Å². The summed E-state index contributed by atoms with van der Waals surface area (Å²) < 4.78 is 0. The van der Waals surface area contributed by atoms with Gasteiger partial charge in [0.05, 0.1) is 6.04 Å². The quantitative estimate of drug-likeness (QED) is 0.604. The van der Waals surface area contributed by atoms with Gasteiger partial charge in [0.1, 0.15) is 0 Å². The summed E-state index contributed by atoms with van der Waals surface area (Å²) >= 11 is 0. The molecule has 5 N–H and O–H groups in total. The molecule has 1 unspecified atom stereocenters. The summed E-state index contributed by atoms with van der Waals surface area (Å²) in [6, 6.07) is 16.1. The largest absolute Gasteiger partial charge is 0.335 e. The zero-order valence-corrected chi connectivity index (χ0v) is 16.7. The highest BCUT2D eigenvalue weighted by molar-refractivity contribution is 5.95. The number of carbonyl (C=O) groups excluding carboxylic acids is 2. The van der Waals surface area contributed by atoms with Crippen LogP contribution in [0, 0.1) is 0 Å². The van der Waals surface area contributed by atoms with Gasteiger partial charge in [0, 0.05) is 17.4 Å². The number of rotatable bonds is 6. The number of carbonyl (C=O) groups is 2. The van der Waals surface area contributed by atoms with E-state index in [4.69, 9.17) is 5.73 Å². The highest BCUT2D eigenvalue weighted by atomic mass is 16.2. The van der Waals surface area contributed by atoms with E-state index in [9.17, 15) is 9.59 Å². The molecule has 0 saturated carbocycles. The maximum Gasteiger partial charge on any atom is 0.319 e. The maximum absolute atomic E-state index is 12.3. The number of nitrogens with zero attached hydrogens (tertiary/aromatic N) is 1. The summed E-state index contributed by atoms with van der Waals surface area (Å²) in [5, 5.41) is 8.66. The van der Waals surface area contributed by atoms with Gasteiger partial charge in [-0.3, -0.25) is 4.79 Å². The van der Waals surface area contributed by atoms with E-state index >= 15 is 0 Å². The fourth-order valence-corrected chi connectivity index (χ4v) is 3.34. The Labute approximate surface area is 171 Å². The van der Waals surface area contributed by atoms with Crippen LogP contribution in [0.5, 0.6) is 0 Å². The summed E-state index contributed by atoms with van der Waals surface area (Å²) in [7, 11) is 2.09. The van der Waals surface area contributed by atoms with E-state index in [1.54, 1.807) is 24.3 Å². The number of nitrogens with one attached hydrogen (secondary N) is 3. The van der Waals surface area contributed by atoms with Gasteiger partial charge in [0.25, 0.3) is 0 Å². The van der Waals surface area contributed by atoms with Crippen molar-refractivity contribution >= 4 is 23.3 Å². The third-order valence-corrected chi connectivity index (χ3v) is 5.10. The van der Waals surface area contributed by atoms with E-state index in [0.717, 1.165) is 31.5 Å². The molecule has 7 nitrogen and oxygen atoms in total. The minimum atomic E-state index is -0.629. The van der Waals surface area contributed by atoms with Crippen LogP contribution in [0.3, 0.4) is 0 Å². The van der Waals surface area contributed by atoms with Crippen molar-refractivity contribution in [3.8, 4) is 0 Å². The second-order valence-corrected chi connectivity index (χ2v) is 7.54. The first-order valence-electron chi connectivity index (χ1n) is 9.96. The van der Waals surface area contributed by atoms with Crippen LogP contribution in [0.2, 0.25) is 0 Å². The Morgan fingerprint density at radius 2 is 1.59 bits per heavy atom. The summed E-state index contributed by atoms with van der Waals surface area (Å²) in [5.41, 5.74) is 8.34. The predicted octanol–water partition coefficient (Wildman–Crippen LogP) is 2.41. The minimum Gasteiger partial charge on any atom is -0.335 e. The van der Waals surface area contributed by atoms with Gasteiger partial charge >= 0.3 is 6.03 Å². The van der Waals surface area contributed by atoms with Crippen LogP contribution >= 0.6 is 0 Å². The average Bonchev–Trinajstić information content (AvgIpc) is 2.72. The fraction of sp³-hybridized carbons (Fsp3) is 0.364. The lowest BCUT2D eigenvalue weighted by molar-refractivity contribution is -0.117. The Hall–Kier alpha value is -2.90. The molecule has 3 amide bonds. The minimum absolute atomic E-state index is 0.205. The number of likely N-dealkylation sites (tertiary alicyclic amines) is 1. The molecule has 0 bridgehead atoms. The van der Waals surface area contributed by atoms with Crippen molar-refractivity contribution in [1.29, 1.82) is 0 Å². The second-order valence-electron chi connectivity index (χ2n) is 7.54. The standard InChI is InChI=1S/C22H29N5O2/c1-27-13-11-19(12-14-27)26-22(29)25-18-9-7-17(8-10-18)24-21(28)20(23)15-16-5-3-2-4-6-16/h2-10,19-20H,11-15,23H2,1H3,(H,24,28)(H2,25,26,29). The number of benzene rings is 2. The molecule has 1 aliphatic heterocycles. The molecule has 0 radical (unpaired) electrons. The van der Waals surface area contributed by atoms with E-state index < -0.39 is 6.04 Å². The molecule has 0 aromatic heterocycles. The molecule has 29 heavy (non-hydrogen) atoms. The van der Waals surface area contributed by atoms with Crippen molar-refractivity contribution in [2.75, 3.05) is 30.8 Å². The van der Waals surface area contributed by atoms with Crippen molar-refractivity contribution in [1.82, 2.24) is 10.2 Å². The van der Waals surface area contributed by atoms with Crippen molar-refractivity contribution in [3.05, 3.63) is 60.2 Å². The lowest BCUT2D eigenvalue weighted by atomic mass is 10.1. The first-order valence-corrected chi connectivity index (χ1v) is 9.96. The van der Waals surface area contributed by atoms with Gasteiger partial charge in [-0.05, 0) is 69.2 Å². The Balaban J connectivity index is 1.45. The van der Waals surface area contributed by atoms with Gasteiger partial charge < -0.3 is 26.6 Å².